The zero-order valence-electron chi connectivity index (χ0n) is 29.2. The molecule has 0 amide bonds. The van der Waals surface area contributed by atoms with Gasteiger partial charge in [-0.1, -0.05) is 176 Å². The first-order valence-corrected chi connectivity index (χ1v) is 19.4. The number of aromatic nitrogens is 1. The number of fused-ring (bicyclic) bond motifs is 14. The number of nitrogens with zero attached hydrogens (tertiary/aromatic N) is 1. The molecule has 1 aromatic heterocycles. The number of rotatable bonds is 2. The molecule has 8 aromatic rings. The monoisotopic (exact) mass is 693 g/mol. The Morgan fingerprint density at radius 3 is 1.81 bits per heavy atom. The van der Waals surface area contributed by atoms with Crippen LogP contribution in [0.3, 0.4) is 0 Å². The van der Waals surface area contributed by atoms with Crippen molar-refractivity contribution in [1.29, 1.82) is 0 Å². The quantitative estimate of drug-likeness (QED) is 0.176. The molecule has 3 aliphatic carbocycles. The van der Waals surface area contributed by atoms with Crippen molar-refractivity contribution in [3.63, 3.8) is 0 Å². The topological polar surface area (TPSA) is 12.9 Å². The van der Waals surface area contributed by atoms with E-state index in [2.05, 4.69) is 188 Å². The lowest BCUT2D eigenvalue weighted by Gasteiger charge is -2.50. The van der Waals surface area contributed by atoms with Crippen LogP contribution in [0, 0.1) is 0 Å². The summed E-state index contributed by atoms with van der Waals surface area (Å²) in [7, 11) is 0. The Bertz CT molecular complexity index is 2720. The molecule has 1 atom stereocenters. The van der Waals surface area contributed by atoms with E-state index in [0.717, 1.165) is 28.9 Å². The Balaban J connectivity index is 1.26. The molecule has 0 N–H and O–H groups in total. The molecule has 2 heteroatoms. The minimum atomic E-state index is -0.476. The van der Waals surface area contributed by atoms with Gasteiger partial charge in [-0.3, -0.25) is 0 Å². The molecule has 11 rings (SSSR count). The van der Waals surface area contributed by atoms with Gasteiger partial charge in [0.15, 0.2) is 0 Å². The second kappa shape index (κ2) is 11.7. The van der Waals surface area contributed by atoms with E-state index in [1.165, 1.54) is 71.5 Å². The fourth-order valence-electron chi connectivity index (χ4n) is 9.94. The lowest BCUT2D eigenvalue weighted by Crippen LogP contribution is -2.44. The lowest BCUT2D eigenvalue weighted by molar-refractivity contribution is 0.556. The number of benzene rings is 7. The molecule has 2 spiro atoms. The fraction of sp³-hybridized carbons (Fsp3) is 0.0784. The molecule has 0 bridgehead atoms. The van der Waals surface area contributed by atoms with E-state index < -0.39 is 10.8 Å². The molecule has 53 heavy (non-hydrogen) atoms. The highest BCUT2D eigenvalue weighted by molar-refractivity contribution is 7.21. The first-order valence-electron chi connectivity index (χ1n) is 18.6. The molecular formula is C51H35NS. The molecular weight excluding hydrogens is 659 g/mol. The van der Waals surface area contributed by atoms with Gasteiger partial charge in [0, 0.05) is 5.56 Å². The van der Waals surface area contributed by atoms with Gasteiger partial charge in [-0.25, -0.2) is 4.98 Å². The van der Waals surface area contributed by atoms with Crippen LogP contribution in [-0.4, -0.2) is 4.98 Å². The molecule has 250 valence electrons. The van der Waals surface area contributed by atoms with Crippen molar-refractivity contribution < 1.29 is 0 Å². The van der Waals surface area contributed by atoms with Crippen molar-refractivity contribution in [3.8, 4) is 32.8 Å². The van der Waals surface area contributed by atoms with Crippen LogP contribution < -0.4 is 0 Å². The molecule has 0 saturated carbocycles. The van der Waals surface area contributed by atoms with E-state index in [1.54, 1.807) is 11.3 Å². The Morgan fingerprint density at radius 2 is 1.04 bits per heavy atom. The molecule has 0 aliphatic heterocycles. The van der Waals surface area contributed by atoms with Crippen molar-refractivity contribution in [2.75, 3.05) is 0 Å². The molecule has 0 fully saturated rings. The van der Waals surface area contributed by atoms with E-state index in [1.807, 2.05) is 0 Å². The summed E-state index contributed by atoms with van der Waals surface area (Å²) < 4.78 is 1.22. The third-order valence-corrected chi connectivity index (χ3v) is 13.1. The van der Waals surface area contributed by atoms with Crippen LogP contribution in [0.4, 0.5) is 0 Å². The smallest absolute Gasteiger partial charge is 0.124 e. The van der Waals surface area contributed by atoms with Crippen molar-refractivity contribution in [3.05, 3.63) is 233 Å². The van der Waals surface area contributed by atoms with Crippen LogP contribution in [0.2, 0.25) is 0 Å². The van der Waals surface area contributed by atoms with E-state index in [9.17, 15) is 0 Å². The number of hydrogen-bond acceptors (Lipinski definition) is 2. The van der Waals surface area contributed by atoms with Gasteiger partial charge in [-0.15, -0.1) is 11.3 Å². The Morgan fingerprint density at radius 1 is 0.453 bits per heavy atom. The molecule has 1 heterocycles. The van der Waals surface area contributed by atoms with E-state index in [0.29, 0.717) is 0 Å². The molecule has 0 saturated heterocycles. The minimum absolute atomic E-state index is 0.439. The standard InChI is InChI=1S/C51H35NS/c1-2-14-33-50(40-21-7-4-17-35(40)16-3-1)43-24-10-11-25-44(43)51(41-22-8-5-18-38(41)39-19-6-9-23-42(39)51)45-26-15-20-37(48(45)50)34-29-31-36(32-30-34)49-52-46-27-12-13-28-47(46)53-49/h1-15,17-32H,16,33H2. The summed E-state index contributed by atoms with van der Waals surface area (Å²) in [4.78, 5) is 5.00. The summed E-state index contributed by atoms with van der Waals surface area (Å²) in [6.07, 6.45) is 10.9. The number of para-hydroxylation sites is 1. The third-order valence-electron chi connectivity index (χ3n) is 12.0. The Labute approximate surface area is 314 Å². The molecule has 7 aromatic carbocycles. The molecule has 1 nitrogen and oxygen atoms in total. The molecule has 3 aliphatic rings. The number of allylic oxidation sites excluding steroid dienone is 4. The summed E-state index contributed by atoms with van der Waals surface area (Å²) in [6.45, 7) is 0. The van der Waals surface area contributed by atoms with Gasteiger partial charge in [0.1, 0.15) is 5.01 Å². The van der Waals surface area contributed by atoms with Gasteiger partial charge in [-0.2, -0.15) is 0 Å². The van der Waals surface area contributed by atoms with E-state index in [-0.39, 0.29) is 0 Å². The predicted octanol–water partition coefficient (Wildman–Crippen LogP) is 12.7. The van der Waals surface area contributed by atoms with Crippen molar-refractivity contribution in [2.45, 2.75) is 23.7 Å². The van der Waals surface area contributed by atoms with Crippen molar-refractivity contribution in [1.82, 2.24) is 4.98 Å². The first kappa shape index (κ1) is 30.5. The Kier molecular flexibility index (Phi) is 6.75. The van der Waals surface area contributed by atoms with E-state index >= 15 is 0 Å². The highest BCUT2D eigenvalue weighted by Crippen LogP contribution is 2.65. The van der Waals surface area contributed by atoms with Crippen LogP contribution in [0.1, 0.15) is 50.9 Å². The van der Waals surface area contributed by atoms with Gasteiger partial charge in [0.2, 0.25) is 0 Å². The summed E-state index contributed by atoms with van der Waals surface area (Å²) >= 11 is 1.76. The van der Waals surface area contributed by atoms with Crippen LogP contribution in [0.25, 0.3) is 43.0 Å². The SMILES string of the molecule is C1=CCc2ccccc2C2(CC=C1)c1ccccc1C1(c3ccccc3-c3ccccc31)c1cccc(-c3ccc(-c4nc5ccccc5s4)cc3)c12. The molecule has 0 radical (unpaired) electrons. The summed E-state index contributed by atoms with van der Waals surface area (Å²) in [5, 5.41) is 1.05. The minimum Gasteiger partial charge on any atom is -0.236 e. The second-order valence-electron chi connectivity index (χ2n) is 14.5. The van der Waals surface area contributed by atoms with Crippen LogP contribution in [0.5, 0.6) is 0 Å². The first-order chi connectivity index (χ1) is 26.3. The predicted molar refractivity (Wildman–Crippen MR) is 221 cm³/mol. The van der Waals surface area contributed by atoms with Gasteiger partial charge in [0.25, 0.3) is 0 Å². The highest BCUT2D eigenvalue weighted by Gasteiger charge is 2.56. The lowest BCUT2D eigenvalue weighted by atomic mass is 9.51. The maximum absolute atomic E-state index is 5.00. The fourth-order valence-corrected chi connectivity index (χ4v) is 10.9. The van der Waals surface area contributed by atoms with Crippen LogP contribution in [-0.2, 0) is 17.3 Å². The van der Waals surface area contributed by atoms with Gasteiger partial charge >= 0.3 is 0 Å². The van der Waals surface area contributed by atoms with Gasteiger partial charge < -0.3 is 0 Å². The average molecular weight is 694 g/mol. The van der Waals surface area contributed by atoms with Gasteiger partial charge in [-0.05, 0) is 91.7 Å². The number of hydrogen-bond donors (Lipinski definition) is 0. The summed E-state index contributed by atoms with van der Waals surface area (Å²) in [5.74, 6) is 0. The van der Waals surface area contributed by atoms with Crippen molar-refractivity contribution in [2.24, 2.45) is 0 Å². The summed E-state index contributed by atoms with van der Waals surface area (Å²) in [6, 6.07) is 61.6. The van der Waals surface area contributed by atoms with E-state index in [4.69, 9.17) is 4.98 Å². The third kappa shape index (κ3) is 4.22. The molecule has 1 unspecified atom stereocenters. The second-order valence-corrected chi connectivity index (χ2v) is 15.5. The average Bonchev–Trinajstić information content (AvgIpc) is 3.81. The van der Waals surface area contributed by atoms with Crippen LogP contribution in [0.15, 0.2) is 188 Å². The van der Waals surface area contributed by atoms with Crippen LogP contribution >= 0.6 is 11.3 Å². The maximum atomic E-state index is 5.00. The highest BCUT2D eigenvalue weighted by atomic mass is 32.1. The normalized spacial score (nSPS) is 17.4. The Hall–Kier alpha value is -6.09. The summed E-state index contributed by atoms with van der Waals surface area (Å²) in [5.41, 5.74) is 17.5. The largest absolute Gasteiger partial charge is 0.236 e. The maximum Gasteiger partial charge on any atom is 0.124 e. The zero-order valence-corrected chi connectivity index (χ0v) is 30.0. The zero-order chi connectivity index (χ0) is 35.0. The number of thiazole rings is 1. The van der Waals surface area contributed by atoms with Gasteiger partial charge in [0.05, 0.1) is 21.0 Å². The van der Waals surface area contributed by atoms with Crippen molar-refractivity contribution >= 4 is 21.6 Å².